The van der Waals surface area contributed by atoms with Gasteiger partial charge in [-0.15, -0.1) is 0 Å². The molecule has 0 fully saturated rings. The SMILES string of the molecule is CC(C)(C)C1=COC=C(C(C)(C)C)C1=c1c(C(C)(C)C)cc(=C/C=C2\C=CC(=O)S2)cc1C(C)(C)C. The minimum absolute atomic E-state index is 0.0817. The van der Waals surface area contributed by atoms with Crippen LogP contribution < -0.4 is 10.4 Å². The Balaban J connectivity index is 2.57. The van der Waals surface area contributed by atoms with Crippen molar-refractivity contribution in [3.05, 3.63) is 80.5 Å². The smallest absolute Gasteiger partial charge is 0.216 e. The maximum absolute atomic E-state index is 11.7. The Labute approximate surface area is 223 Å². The molecule has 1 aromatic carbocycles. The van der Waals surface area contributed by atoms with Crippen molar-refractivity contribution >= 4 is 28.5 Å². The van der Waals surface area contributed by atoms with Crippen molar-refractivity contribution < 1.29 is 9.53 Å². The lowest BCUT2D eigenvalue weighted by atomic mass is 9.69. The standard InChI is InChI=1S/C33H44O2S/c1-30(2,3)23-17-21(13-14-22-15-16-27(34)36-22)18-24(31(4,5)6)28(23)29-25(32(7,8)9)19-35-20-26(29)33(10,11)12/h13-20H,1-12H3/b22-14+. The van der Waals surface area contributed by atoms with E-state index in [-0.39, 0.29) is 26.8 Å². The molecule has 0 atom stereocenters. The van der Waals surface area contributed by atoms with Gasteiger partial charge in [0.15, 0.2) is 0 Å². The van der Waals surface area contributed by atoms with Gasteiger partial charge in [-0.3, -0.25) is 4.79 Å². The lowest BCUT2D eigenvalue weighted by molar-refractivity contribution is -0.106. The Morgan fingerprint density at radius 1 is 0.667 bits per heavy atom. The Morgan fingerprint density at radius 3 is 1.50 bits per heavy atom. The zero-order valence-electron chi connectivity index (χ0n) is 24.3. The van der Waals surface area contributed by atoms with E-state index < -0.39 is 0 Å². The molecule has 0 amide bonds. The fourth-order valence-corrected chi connectivity index (χ4v) is 5.26. The van der Waals surface area contributed by atoms with Gasteiger partial charge >= 0.3 is 0 Å². The molecule has 0 unspecified atom stereocenters. The van der Waals surface area contributed by atoms with Crippen LogP contribution in [0.4, 0.5) is 0 Å². The largest absolute Gasteiger partial charge is 0.472 e. The second-order valence-corrected chi connectivity index (χ2v) is 15.1. The first-order valence-corrected chi connectivity index (χ1v) is 13.7. The number of hydrogen-bond donors (Lipinski definition) is 0. The Hall–Kier alpha value is -2.26. The molecule has 0 N–H and O–H groups in total. The zero-order valence-corrected chi connectivity index (χ0v) is 25.2. The van der Waals surface area contributed by atoms with E-state index in [1.807, 2.05) is 18.6 Å². The van der Waals surface area contributed by atoms with Crippen LogP contribution in [0.2, 0.25) is 0 Å². The summed E-state index contributed by atoms with van der Waals surface area (Å²) in [7, 11) is 0. The van der Waals surface area contributed by atoms with Gasteiger partial charge in [-0.1, -0.05) is 101 Å². The molecule has 1 aromatic rings. The summed E-state index contributed by atoms with van der Waals surface area (Å²) < 4.78 is 5.98. The average Bonchev–Trinajstić information content (AvgIpc) is 3.13. The lowest BCUT2D eigenvalue weighted by Gasteiger charge is -2.37. The number of hydrogen-bond acceptors (Lipinski definition) is 3. The van der Waals surface area contributed by atoms with E-state index in [4.69, 9.17) is 4.74 Å². The van der Waals surface area contributed by atoms with E-state index in [1.165, 1.54) is 44.8 Å². The van der Waals surface area contributed by atoms with Crippen LogP contribution in [0.3, 0.4) is 0 Å². The summed E-state index contributed by atoms with van der Waals surface area (Å²) >= 11 is 1.28. The number of rotatable bonds is 1. The van der Waals surface area contributed by atoms with Crippen molar-refractivity contribution in [2.45, 2.75) is 93.9 Å². The summed E-state index contributed by atoms with van der Waals surface area (Å²) in [5, 5.41) is 2.58. The van der Waals surface area contributed by atoms with Crippen molar-refractivity contribution in [3.63, 3.8) is 0 Å². The Kier molecular flexibility index (Phi) is 7.52. The third kappa shape index (κ3) is 6.17. The number of thioether (sulfide) groups is 1. The first-order chi connectivity index (χ1) is 16.3. The molecule has 0 saturated carbocycles. The summed E-state index contributed by atoms with van der Waals surface area (Å²) in [6.45, 7) is 27.4. The number of carbonyl (C=O) groups is 1. The maximum atomic E-state index is 11.7. The minimum atomic E-state index is -0.0851. The number of benzene rings is 1. The molecule has 3 heteroatoms. The summed E-state index contributed by atoms with van der Waals surface area (Å²) in [4.78, 5) is 12.7. The van der Waals surface area contributed by atoms with Gasteiger partial charge in [0.25, 0.3) is 0 Å². The first kappa shape index (κ1) is 28.3. The van der Waals surface area contributed by atoms with Crippen molar-refractivity contribution in [2.75, 3.05) is 0 Å². The molecule has 2 nitrogen and oxygen atoms in total. The van der Waals surface area contributed by atoms with E-state index in [1.54, 1.807) is 6.08 Å². The highest BCUT2D eigenvalue weighted by Gasteiger charge is 2.35. The molecule has 0 radical (unpaired) electrons. The molecule has 0 bridgehead atoms. The van der Waals surface area contributed by atoms with Gasteiger partial charge in [0, 0.05) is 16.1 Å². The van der Waals surface area contributed by atoms with Gasteiger partial charge in [0.2, 0.25) is 5.12 Å². The van der Waals surface area contributed by atoms with Crippen LogP contribution in [0.15, 0.2) is 58.9 Å². The molecule has 2 heterocycles. The van der Waals surface area contributed by atoms with Gasteiger partial charge in [0.05, 0.1) is 12.5 Å². The molecule has 0 aliphatic carbocycles. The average molecular weight is 505 g/mol. The summed E-state index contributed by atoms with van der Waals surface area (Å²) in [6, 6.07) is 4.69. The van der Waals surface area contributed by atoms with E-state index in [9.17, 15) is 4.79 Å². The van der Waals surface area contributed by atoms with E-state index in [0.717, 1.165) is 10.1 Å². The second-order valence-electron chi connectivity index (χ2n) is 14.1. The minimum Gasteiger partial charge on any atom is -0.472 e. The first-order valence-electron chi connectivity index (χ1n) is 12.9. The van der Waals surface area contributed by atoms with Gasteiger partial charge in [0.1, 0.15) is 0 Å². The zero-order chi connectivity index (χ0) is 27.3. The molecule has 0 aromatic heterocycles. The second kappa shape index (κ2) is 9.56. The predicted molar refractivity (Wildman–Crippen MR) is 157 cm³/mol. The molecule has 3 rings (SSSR count). The van der Waals surface area contributed by atoms with Gasteiger partial charge < -0.3 is 4.74 Å². The van der Waals surface area contributed by atoms with Crippen molar-refractivity contribution in [1.29, 1.82) is 0 Å². The number of carbonyl (C=O) groups excluding carboxylic acids is 1. The molecule has 0 spiro atoms. The van der Waals surface area contributed by atoms with Crippen LogP contribution in [0, 0.1) is 10.8 Å². The van der Waals surface area contributed by atoms with Crippen LogP contribution in [0.1, 0.15) is 94.2 Å². The normalized spacial score (nSPS) is 18.4. The van der Waals surface area contributed by atoms with Crippen molar-refractivity contribution in [1.82, 2.24) is 0 Å². The van der Waals surface area contributed by atoms with Crippen molar-refractivity contribution in [3.8, 4) is 0 Å². The van der Waals surface area contributed by atoms with Crippen LogP contribution in [0.5, 0.6) is 0 Å². The fraction of sp³-hybridized carbons (Fsp3) is 0.485. The fourth-order valence-electron chi connectivity index (χ4n) is 4.62. The molecular formula is C33H44O2S. The van der Waals surface area contributed by atoms with E-state index in [2.05, 4.69) is 107 Å². The Bertz CT molecular complexity index is 1230. The highest BCUT2D eigenvalue weighted by molar-refractivity contribution is 8.17. The lowest BCUT2D eigenvalue weighted by Crippen LogP contribution is -2.38. The molecule has 0 saturated heterocycles. The highest BCUT2D eigenvalue weighted by Crippen LogP contribution is 2.45. The number of ether oxygens (including phenoxy) is 1. The van der Waals surface area contributed by atoms with Crippen molar-refractivity contribution in [2.24, 2.45) is 10.8 Å². The van der Waals surface area contributed by atoms with Crippen LogP contribution >= 0.6 is 11.8 Å². The molecular weight excluding hydrogens is 460 g/mol. The molecule has 2 aliphatic rings. The molecule has 194 valence electrons. The van der Waals surface area contributed by atoms with Gasteiger partial charge in [-0.25, -0.2) is 0 Å². The van der Waals surface area contributed by atoms with Crippen LogP contribution in [0.25, 0.3) is 11.6 Å². The third-order valence-corrected chi connectivity index (χ3v) is 7.44. The molecule has 2 aliphatic heterocycles. The van der Waals surface area contributed by atoms with E-state index in [0.29, 0.717) is 0 Å². The predicted octanol–water partition coefficient (Wildman–Crippen LogP) is 7.82. The van der Waals surface area contributed by atoms with Gasteiger partial charge in [-0.05, 0) is 78.8 Å². The monoisotopic (exact) mass is 504 g/mol. The van der Waals surface area contributed by atoms with Gasteiger partial charge in [-0.2, -0.15) is 0 Å². The molecule has 36 heavy (non-hydrogen) atoms. The summed E-state index contributed by atoms with van der Waals surface area (Å²) in [5.74, 6) is 0. The third-order valence-electron chi connectivity index (χ3n) is 6.60. The van der Waals surface area contributed by atoms with E-state index >= 15 is 0 Å². The quantitative estimate of drug-likeness (QED) is 0.390. The summed E-state index contributed by atoms with van der Waals surface area (Å²) in [6.07, 6.45) is 11.6. The Morgan fingerprint density at radius 2 is 1.14 bits per heavy atom. The number of allylic oxidation sites excluding steroid dienone is 4. The topological polar surface area (TPSA) is 26.3 Å². The van der Waals surface area contributed by atoms with Crippen LogP contribution in [-0.4, -0.2) is 5.12 Å². The maximum Gasteiger partial charge on any atom is 0.216 e. The summed E-state index contributed by atoms with van der Waals surface area (Å²) in [5.41, 5.74) is 6.09. The van der Waals surface area contributed by atoms with Crippen LogP contribution in [-0.2, 0) is 20.4 Å². The highest BCUT2D eigenvalue weighted by atomic mass is 32.2.